The molecule has 0 radical (unpaired) electrons. The predicted octanol–water partition coefficient (Wildman–Crippen LogP) is 1.94. The minimum atomic E-state index is 0.229. The standard InChI is InChI=1S/C15H20N2O2/c18-15-2-1-11-17(15)12-3-5-13(6-4-12)19-14-7-9-16-10-8-14/h3-6,14,16H,1-2,7-11H2. The molecule has 4 nitrogen and oxygen atoms in total. The average Bonchev–Trinajstić information content (AvgIpc) is 2.87. The van der Waals surface area contributed by atoms with Gasteiger partial charge in [-0.1, -0.05) is 0 Å². The highest BCUT2D eigenvalue weighted by Crippen LogP contribution is 2.25. The molecule has 1 aromatic rings. The zero-order chi connectivity index (χ0) is 13.1. The van der Waals surface area contributed by atoms with E-state index in [1.54, 1.807) is 0 Å². The summed E-state index contributed by atoms with van der Waals surface area (Å²) >= 11 is 0. The first-order chi connectivity index (χ1) is 9.33. The number of nitrogens with one attached hydrogen (secondary N) is 1. The highest BCUT2D eigenvalue weighted by atomic mass is 16.5. The number of carbonyl (C=O) groups excluding carboxylic acids is 1. The van der Waals surface area contributed by atoms with Crippen LogP contribution < -0.4 is 15.0 Å². The van der Waals surface area contributed by atoms with Gasteiger partial charge in [0, 0.05) is 18.7 Å². The van der Waals surface area contributed by atoms with Crippen LogP contribution in [0.2, 0.25) is 0 Å². The Bertz CT molecular complexity index is 438. The molecule has 2 aliphatic rings. The van der Waals surface area contributed by atoms with Gasteiger partial charge in [-0.25, -0.2) is 0 Å². The van der Waals surface area contributed by atoms with Crippen LogP contribution in [0.25, 0.3) is 0 Å². The fourth-order valence-electron chi connectivity index (χ4n) is 2.73. The molecule has 0 aliphatic carbocycles. The zero-order valence-electron chi connectivity index (χ0n) is 11.1. The van der Waals surface area contributed by atoms with Crippen molar-refractivity contribution in [1.82, 2.24) is 5.32 Å². The summed E-state index contributed by atoms with van der Waals surface area (Å²) in [5.74, 6) is 1.13. The number of nitrogens with zero attached hydrogens (tertiary/aromatic N) is 1. The molecule has 1 aromatic carbocycles. The van der Waals surface area contributed by atoms with Gasteiger partial charge in [0.05, 0.1) is 0 Å². The Balaban J connectivity index is 1.63. The molecule has 2 heterocycles. The molecule has 3 rings (SSSR count). The largest absolute Gasteiger partial charge is 0.490 e. The van der Waals surface area contributed by atoms with Gasteiger partial charge in [-0.2, -0.15) is 0 Å². The third kappa shape index (κ3) is 2.89. The second-order valence-corrected chi connectivity index (χ2v) is 5.21. The number of ether oxygens (including phenoxy) is 1. The van der Waals surface area contributed by atoms with Gasteiger partial charge in [0.25, 0.3) is 0 Å². The van der Waals surface area contributed by atoms with Crippen molar-refractivity contribution in [3.8, 4) is 5.75 Å². The molecule has 2 saturated heterocycles. The topological polar surface area (TPSA) is 41.6 Å². The van der Waals surface area contributed by atoms with E-state index in [0.717, 1.165) is 50.3 Å². The van der Waals surface area contributed by atoms with E-state index < -0.39 is 0 Å². The third-order valence-electron chi connectivity index (χ3n) is 3.81. The Morgan fingerprint density at radius 2 is 1.89 bits per heavy atom. The zero-order valence-corrected chi connectivity index (χ0v) is 11.1. The Kier molecular flexibility index (Phi) is 3.69. The SMILES string of the molecule is O=C1CCCN1c1ccc(OC2CCNCC2)cc1. The van der Waals surface area contributed by atoms with Crippen LogP contribution in [0.4, 0.5) is 5.69 Å². The Morgan fingerprint density at radius 1 is 1.16 bits per heavy atom. The lowest BCUT2D eigenvalue weighted by Crippen LogP contribution is -2.34. The van der Waals surface area contributed by atoms with E-state index >= 15 is 0 Å². The summed E-state index contributed by atoms with van der Waals surface area (Å²) in [4.78, 5) is 13.5. The maximum Gasteiger partial charge on any atom is 0.227 e. The molecule has 2 aliphatic heterocycles. The highest BCUT2D eigenvalue weighted by Gasteiger charge is 2.21. The number of hydrogen-bond acceptors (Lipinski definition) is 3. The van der Waals surface area contributed by atoms with E-state index in [0.29, 0.717) is 12.5 Å². The summed E-state index contributed by atoms with van der Waals surface area (Å²) in [6, 6.07) is 7.92. The summed E-state index contributed by atoms with van der Waals surface area (Å²) in [6.45, 7) is 2.91. The molecule has 0 unspecified atom stereocenters. The molecule has 1 N–H and O–H groups in total. The van der Waals surface area contributed by atoms with E-state index in [9.17, 15) is 4.79 Å². The molecule has 0 aromatic heterocycles. The Hall–Kier alpha value is -1.55. The number of carbonyl (C=O) groups is 1. The summed E-state index contributed by atoms with van der Waals surface area (Å²) in [5, 5.41) is 3.33. The third-order valence-corrected chi connectivity index (χ3v) is 3.81. The van der Waals surface area contributed by atoms with Crippen LogP contribution in [0.3, 0.4) is 0 Å². The van der Waals surface area contributed by atoms with Crippen LogP contribution in [0.15, 0.2) is 24.3 Å². The Labute approximate surface area is 113 Å². The smallest absolute Gasteiger partial charge is 0.227 e. The van der Waals surface area contributed by atoms with E-state index in [1.807, 2.05) is 29.2 Å². The summed E-state index contributed by atoms with van der Waals surface area (Å²) in [5.41, 5.74) is 0.986. The van der Waals surface area contributed by atoms with Crippen molar-refractivity contribution in [1.29, 1.82) is 0 Å². The summed E-state index contributed by atoms with van der Waals surface area (Å²) in [7, 11) is 0. The minimum Gasteiger partial charge on any atom is -0.490 e. The number of piperidine rings is 1. The first kappa shape index (κ1) is 12.5. The second-order valence-electron chi connectivity index (χ2n) is 5.21. The number of rotatable bonds is 3. The molecule has 0 saturated carbocycles. The van der Waals surface area contributed by atoms with E-state index in [1.165, 1.54) is 0 Å². The van der Waals surface area contributed by atoms with E-state index in [4.69, 9.17) is 4.74 Å². The molecule has 0 spiro atoms. The van der Waals surface area contributed by atoms with Gasteiger partial charge in [0.1, 0.15) is 11.9 Å². The van der Waals surface area contributed by atoms with Crippen LogP contribution in [-0.2, 0) is 4.79 Å². The highest BCUT2D eigenvalue weighted by molar-refractivity contribution is 5.95. The van der Waals surface area contributed by atoms with Crippen molar-refractivity contribution in [3.05, 3.63) is 24.3 Å². The summed E-state index contributed by atoms with van der Waals surface area (Å²) in [6.07, 6.45) is 4.08. The molecule has 2 fully saturated rings. The monoisotopic (exact) mass is 260 g/mol. The quantitative estimate of drug-likeness (QED) is 0.903. The molecule has 19 heavy (non-hydrogen) atoms. The number of hydrogen-bond donors (Lipinski definition) is 1. The fraction of sp³-hybridized carbons (Fsp3) is 0.533. The normalized spacial score (nSPS) is 20.8. The maximum absolute atomic E-state index is 11.7. The second kappa shape index (κ2) is 5.61. The van der Waals surface area contributed by atoms with Crippen molar-refractivity contribution in [2.24, 2.45) is 0 Å². The lowest BCUT2D eigenvalue weighted by atomic mass is 10.1. The van der Waals surface area contributed by atoms with Crippen molar-refractivity contribution in [2.45, 2.75) is 31.8 Å². The van der Waals surface area contributed by atoms with Crippen molar-refractivity contribution in [2.75, 3.05) is 24.5 Å². The maximum atomic E-state index is 11.7. The van der Waals surface area contributed by atoms with Crippen LogP contribution >= 0.6 is 0 Å². The molecule has 1 amide bonds. The van der Waals surface area contributed by atoms with Crippen molar-refractivity contribution >= 4 is 11.6 Å². The van der Waals surface area contributed by atoms with Gasteiger partial charge in [-0.3, -0.25) is 4.79 Å². The number of anilines is 1. The molecular weight excluding hydrogens is 240 g/mol. The van der Waals surface area contributed by atoms with Gasteiger partial charge in [0.15, 0.2) is 0 Å². The molecule has 102 valence electrons. The van der Waals surface area contributed by atoms with Crippen LogP contribution in [-0.4, -0.2) is 31.6 Å². The van der Waals surface area contributed by atoms with Gasteiger partial charge >= 0.3 is 0 Å². The van der Waals surface area contributed by atoms with Crippen molar-refractivity contribution < 1.29 is 9.53 Å². The van der Waals surface area contributed by atoms with Crippen molar-refractivity contribution in [3.63, 3.8) is 0 Å². The van der Waals surface area contributed by atoms with E-state index in [2.05, 4.69) is 5.32 Å². The average molecular weight is 260 g/mol. The van der Waals surface area contributed by atoms with Gasteiger partial charge in [0.2, 0.25) is 5.91 Å². The first-order valence-electron chi connectivity index (χ1n) is 7.11. The van der Waals surface area contributed by atoms with Crippen LogP contribution in [0, 0.1) is 0 Å². The summed E-state index contributed by atoms with van der Waals surface area (Å²) < 4.78 is 5.96. The first-order valence-corrected chi connectivity index (χ1v) is 7.11. The number of benzene rings is 1. The van der Waals surface area contributed by atoms with Crippen LogP contribution in [0.1, 0.15) is 25.7 Å². The van der Waals surface area contributed by atoms with E-state index in [-0.39, 0.29) is 5.91 Å². The molecule has 4 heteroatoms. The minimum absolute atomic E-state index is 0.229. The van der Waals surface area contributed by atoms with Crippen LogP contribution in [0.5, 0.6) is 5.75 Å². The molecular formula is C15H20N2O2. The van der Waals surface area contributed by atoms with Gasteiger partial charge in [-0.05, 0) is 56.6 Å². The lowest BCUT2D eigenvalue weighted by Gasteiger charge is -2.24. The number of amides is 1. The fourth-order valence-corrected chi connectivity index (χ4v) is 2.73. The molecule has 0 bridgehead atoms. The predicted molar refractivity (Wildman–Crippen MR) is 74.5 cm³/mol. The van der Waals surface area contributed by atoms with Gasteiger partial charge < -0.3 is 15.0 Å². The molecule has 0 atom stereocenters. The lowest BCUT2D eigenvalue weighted by molar-refractivity contribution is -0.117. The van der Waals surface area contributed by atoms with Gasteiger partial charge in [-0.15, -0.1) is 0 Å². The Morgan fingerprint density at radius 3 is 2.53 bits per heavy atom.